The predicted octanol–water partition coefficient (Wildman–Crippen LogP) is 2.48. The van der Waals surface area contributed by atoms with Gasteiger partial charge in [-0.2, -0.15) is 4.37 Å². The minimum atomic E-state index is 0.625. The van der Waals surface area contributed by atoms with Gasteiger partial charge >= 0.3 is 0 Å². The van der Waals surface area contributed by atoms with E-state index in [1.165, 1.54) is 22.9 Å². The van der Waals surface area contributed by atoms with Crippen molar-refractivity contribution in [3.05, 3.63) is 24.3 Å². The third kappa shape index (κ3) is 2.15. The summed E-state index contributed by atoms with van der Waals surface area (Å²) >= 11 is 1.59. The van der Waals surface area contributed by atoms with Crippen LogP contribution in [0.3, 0.4) is 0 Å². The van der Waals surface area contributed by atoms with Crippen LogP contribution in [0.2, 0.25) is 0 Å². The van der Waals surface area contributed by atoms with E-state index in [1.807, 2.05) is 0 Å². The molecule has 4 heteroatoms. The van der Waals surface area contributed by atoms with E-state index in [2.05, 4.69) is 45.9 Å². The molecule has 3 rings (SSSR count). The van der Waals surface area contributed by atoms with Crippen molar-refractivity contribution >= 4 is 27.4 Å². The van der Waals surface area contributed by atoms with Crippen LogP contribution in [0.15, 0.2) is 24.3 Å². The zero-order chi connectivity index (χ0) is 11.7. The van der Waals surface area contributed by atoms with Crippen LogP contribution in [0.5, 0.6) is 0 Å². The van der Waals surface area contributed by atoms with E-state index in [4.69, 9.17) is 0 Å². The monoisotopic (exact) mass is 247 g/mol. The second-order valence-electron chi connectivity index (χ2n) is 4.68. The van der Waals surface area contributed by atoms with E-state index in [0.29, 0.717) is 6.04 Å². The molecule has 1 aromatic carbocycles. The van der Waals surface area contributed by atoms with Gasteiger partial charge in [0, 0.05) is 25.0 Å². The van der Waals surface area contributed by atoms with Crippen molar-refractivity contribution in [1.29, 1.82) is 0 Å². The predicted molar refractivity (Wildman–Crippen MR) is 73.9 cm³/mol. The van der Waals surface area contributed by atoms with Crippen LogP contribution in [-0.2, 0) is 0 Å². The number of anilines is 1. The summed E-state index contributed by atoms with van der Waals surface area (Å²) in [6.07, 6.45) is 2.59. The topological polar surface area (TPSA) is 28.2 Å². The molecule has 0 amide bonds. The van der Waals surface area contributed by atoms with Gasteiger partial charge in [0.2, 0.25) is 0 Å². The maximum Gasteiger partial charge on any atom is 0.149 e. The van der Waals surface area contributed by atoms with Crippen molar-refractivity contribution in [2.75, 3.05) is 25.0 Å². The van der Waals surface area contributed by atoms with Crippen molar-refractivity contribution < 1.29 is 0 Å². The normalized spacial score (nSPS) is 19.9. The first-order valence-electron chi connectivity index (χ1n) is 6.13. The Morgan fingerprint density at radius 1 is 1.47 bits per heavy atom. The van der Waals surface area contributed by atoms with Gasteiger partial charge in [0.1, 0.15) is 5.82 Å². The molecule has 0 radical (unpaired) electrons. The Kier molecular flexibility index (Phi) is 2.99. The van der Waals surface area contributed by atoms with Gasteiger partial charge in [0.25, 0.3) is 0 Å². The van der Waals surface area contributed by atoms with Crippen LogP contribution in [0, 0.1) is 0 Å². The van der Waals surface area contributed by atoms with E-state index in [1.54, 1.807) is 11.5 Å². The van der Waals surface area contributed by atoms with Crippen LogP contribution in [0.4, 0.5) is 5.82 Å². The molecule has 1 aromatic heterocycles. The summed E-state index contributed by atoms with van der Waals surface area (Å²) in [7, 11) is 2.14. The number of hydrogen-bond donors (Lipinski definition) is 1. The molecule has 3 nitrogen and oxygen atoms in total. The van der Waals surface area contributed by atoms with Crippen LogP contribution in [-0.4, -0.2) is 30.6 Å². The third-order valence-corrected chi connectivity index (χ3v) is 4.19. The van der Waals surface area contributed by atoms with Crippen LogP contribution in [0.25, 0.3) is 10.1 Å². The highest BCUT2D eigenvalue weighted by atomic mass is 32.1. The van der Waals surface area contributed by atoms with Crippen molar-refractivity contribution in [2.45, 2.75) is 18.9 Å². The summed E-state index contributed by atoms with van der Waals surface area (Å²) in [6.45, 7) is 2.21. The van der Waals surface area contributed by atoms with E-state index >= 15 is 0 Å². The second-order valence-corrected chi connectivity index (χ2v) is 5.48. The van der Waals surface area contributed by atoms with Crippen LogP contribution >= 0.6 is 11.5 Å². The molecule has 1 N–H and O–H groups in total. The number of rotatable bonds is 3. The quantitative estimate of drug-likeness (QED) is 0.903. The molecule has 0 bridgehead atoms. The average Bonchev–Trinajstić information content (AvgIpc) is 2.96. The lowest BCUT2D eigenvalue weighted by Crippen LogP contribution is -2.35. The number of nitrogens with one attached hydrogen (secondary N) is 1. The standard InChI is InChI=1S/C13H17N3S/c1-16(9-10-5-4-8-14-10)13-11-6-2-3-7-12(11)17-15-13/h2-3,6-7,10,14H,4-5,8-9H2,1H3/t10-/m0/s1. The van der Waals surface area contributed by atoms with Crippen LogP contribution in [0.1, 0.15) is 12.8 Å². The minimum Gasteiger partial charge on any atom is -0.357 e. The number of aromatic nitrogens is 1. The Bertz CT molecular complexity index is 502. The van der Waals surface area contributed by atoms with Gasteiger partial charge in [-0.15, -0.1) is 0 Å². The average molecular weight is 247 g/mol. The van der Waals surface area contributed by atoms with Gasteiger partial charge in [-0.1, -0.05) is 12.1 Å². The third-order valence-electron chi connectivity index (χ3n) is 3.38. The first-order chi connectivity index (χ1) is 8.34. The van der Waals surface area contributed by atoms with E-state index in [0.717, 1.165) is 18.9 Å². The Hall–Kier alpha value is -1.13. The largest absolute Gasteiger partial charge is 0.357 e. The van der Waals surface area contributed by atoms with E-state index in [-0.39, 0.29) is 0 Å². The molecule has 1 saturated heterocycles. The number of benzene rings is 1. The smallest absolute Gasteiger partial charge is 0.149 e. The van der Waals surface area contributed by atoms with Gasteiger partial charge < -0.3 is 10.2 Å². The zero-order valence-corrected chi connectivity index (χ0v) is 10.8. The molecular formula is C13H17N3S. The lowest BCUT2D eigenvalue weighted by molar-refractivity contribution is 0.599. The summed E-state index contributed by atoms with van der Waals surface area (Å²) < 4.78 is 5.85. The molecular weight excluding hydrogens is 230 g/mol. The maximum absolute atomic E-state index is 4.58. The maximum atomic E-state index is 4.58. The number of hydrogen-bond acceptors (Lipinski definition) is 4. The van der Waals surface area contributed by atoms with Crippen molar-refractivity contribution in [1.82, 2.24) is 9.69 Å². The Morgan fingerprint density at radius 3 is 3.18 bits per heavy atom. The van der Waals surface area contributed by atoms with Crippen molar-refractivity contribution in [3.8, 4) is 0 Å². The van der Waals surface area contributed by atoms with Crippen molar-refractivity contribution in [3.63, 3.8) is 0 Å². The molecule has 1 atom stereocenters. The number of fused-ring (bicyclic) bond motifs is 1. The van der Waals surface area contributed by atoms with Crippen molar-refractivity contribution in [2.24, 2.45) is 0 Å². The number of likely N-dealkylation sites (N-methyl/N-ethyl adjacent to an activating group) is 1. The molecule has 1 aliphatic heterocycles. The first-order valence-corrected chi connectivity index (χ1v) is 6.91. The van der Waals surface area contributed by atoms with E-state index < -0.39 is 0 Å². The summed E-state index contributed by atoms with van der Waals surface area (Å²) in [5, 5.41) is 4.81. The highest BCUT2D eigenvalue weighted by molar-refractivity contribution is 7.13. The molecule has 90 valence electrons. The highest BCUT2D eigenvalue weighted by Crippen LogP contribution is 2.28. The molecule has 0 unspecified atom stereocenters. The summed E-state index contributed by atoms with van der Waals surface area (Å²) in [6, 6.07) is 9.08. The van der Waals surface area contributed by atoms with Gasteiger partial charge in [0.15, 0.2) is 0 Å². The van der Waals surface area contributed by atoms with Gasteiger partial charge in [0.05, 0.1) is 4.70 Å². The molecule has 0 aliphatic carbocycles. The molecule has 17 heavy (non-hydrogen) atoms. The minimum absolute atomic E-state index is 0.625. The summed E-state index contributed by atoms with van der Waals surface area (Å²) in [5.41, 5.74) is 0. The Balaban J connectivity index is 1.82. The fraction of sp³-hybridized carbons (Fsp3) is 0.462. The molecule has 0 spiro atoms. The first kappa shape index (κ1) is 11.0. The molecule has 0 saturated carbocycles. The summed E-state index contributed by atoms with van der Waals surface area (Å²) in [5.74, 6) is 1.12. The van der Waals surface area contributed by atoms with E-state index in [9.17, 15) is 0 Å². The summed E-state index contributed by atoms with van der Waals surface area (Å²) in [4.78, 5) is 2.28. The SMILES string of the molecule is CN(C[C@@H]1CCCN1)c1nsc2ccccc12. The molecule has 2 aromatic rings. The Morgan fingerprint density at radius 2 is 2.35 bits per heavy atom. The van der Waals surface area contributed by atoms with Gasteiger partial charge in [-0.25, -0.2) is 0 Å². The fourth-order valence-electron chi connectivity index (χ4n) is 2.48. The van der Waals surface area contributed by atoms with Gasteiger partial charge in [-0.05, 0) is 43.1 Å². The molecule has 1 aliphatic rings. The highest BCUT2D eigenvalue weighted by Gasteiger charge is 2.18. The van der Waals surface area contributed by atoms with Gasteiger partial charge in [-0.3, -0.25) is 0 Å². The van der Waals surface area contributed by atoms with Crippen LogP contribution < -0.4 is 10.2 Å². The lowest BCUT2D eigenvalue weighted by Gasteiger charge is -2.21. The number of nitrogens with zero attached hydrogens (tertiary/aromatic N) is 2. The zero-order valence-electron chi connectivity index (χ0n) is 10.0. The fourth-order valence-corrected chi connectivity index (χ4v) is 3.30. The Labute approximate surface area is 106 Å². The lowest BCUT2D eigenvalue weighted by atomic mass is 10.2. The molecule has 2 heterocycles. The molecule has 1 fully saturated rings. The second kappa shape index (κ2) is 4.63.